The van der Waals surface area contributed by atoms with E-state index < -0.39 is 0 Å². The summed E-state index contributed by atoms with van der Waals surface area (Å²) in [4.78, 5) is 2.31. The van der Waals surface area contributed by atoms with Gasteiger partial charge in [0.1, 0.15) is 0 Å². The van der Waals surface area contributed by atoms with Crippen LogP contribution >= 0.6 is 12.2 Å². The van der Waals surface area contributed by atoms with Gasteiger partial charge in [0, 0.05) is 19.6 Å². The normalized spacial score (nSPS) is 19.1. The molecule has 0 aliphatic carbocycles. The minimum atomic E-state index is 0.450. The minimum Gasteiger partial charge on any atom is -0.363 e. The first-order chi connectivity index (χ1) is 6.95. The zero-order valence-corrected chi connectivity index (χ0v) is 11.3. The summed E-state index contributed by atoms with van der Waals surface area (Å²) < 4.78 is 0. The average molecular weight is 228 g/mol. The number of nitrogens with zero attached hydrogens (tertiary/aromatic N) is 1. The number of likely N-dealkylation sites (tertiary alicyclic amines) is 1. The molecule has 3 heteroatoms. The van der Waals surface area contributed by atoms with E-state index in [2.05, 4.69) is 37.9 Å². The molecule has 1 saturated heterocycles. The molecule has 1 N–H and O–H groups in total. The van der Waals surface area contributed by atoms with Gasteiger partial charge in [-0.25, -0.2) is 0 Å². The highest BCUT2D eigenvalue weighted by Crippen LogP contribution is 2.34. The Kier molecular flexibility index (Phi) is 4.38. The fourth-order valence-corrected chi connectivity index (χ4v) is 2.54. The maximum atomic E-state index is 5.32. The van der Waals surface area contributed by atoms with Gasteiger partial charge in [0.2, 0.25) is 0 Å². The quantitative estimate of drug-likeness (QED) is 0.695. The third-order valence-corrected chi connectivity index (χ3v) is 3.74. The van der Waals surface area contributed by atoms with Crippen LogP contribution in [0.25, 0.3) is 0 Å². The topological polar surface area (TPSA) is 15.3 Å². The van der Waals surface area contributed by atoms with Crippen molar-refractivity contribution in [3.05, 3.63) is 0 Å². The van der Waals surface area contributed by atoms with Crippen LogP contribution in [-0.4, -0.2) is 29.6 Å². The average Bonchev–Trinajstić information content (AvgIpc) is 2.17. The second-order valence-corrected chi connectivity index (χ2v) is 5.85. The van der Waals surface area contributed by atoms with E-state index in [4.69, 9.17) is 12.2 Å². The Balaban J connectivity index is 2.39. The maximum Gasteiger partial charge on any atom is 0.168 e. The zero-order chi connectivity index (χ0) is 11.5. The van der Waals surface area contributed by atoms with Crippen molar-refractivity contribution < 1.29 is 0 Å². The molecule has 0 radical (unpaired) electrons. The number of thiocarbonyl (C=S) groups is 1. The molecule has 1 aliphatic heterocycles. The van der Waals surface area contributed by atoms with Gasteiger partial charge in [-0.05, 0) is 43.3 Å². The summed E-state index contributed by atoms with van der Waals surface area (Å²) in [7, 11) is 0. The summed E-state index contributed by atoms with van der Waals surface area (Å²) in [5.74, 6) is 0.846. The second-order valence-electron chi connectivity index (χ2n) is 5.46. The molecule has 0 spiro atoms. The molecule has 0 aromatic carbocycles. The highest BCUT2D eigenvalue weighted by Gasteiger charge is 2.29. The molecule has 88 valence electrons. The van der Waals surface area contributed by atoms with E-state index in [0.717, 1.165) is 30.7 Å². The van der Waals surface area contributed by atoms with Crippen LogP contribution < -0.4 is 5.32 Å². The lowest BCUT2D eigenvalue weighted by molar-refractivity contribution is 0.149. The molecule has 1 rings (SSSR count). The summed E-state index contributed by atoms with van der Waals surface area (Å²) in [5, 5.41) is 4.16. The van der Waals surface area contributed by atoms with E-state index >= 15 is 0 Å². The lowest BCUT2D eigenvalue weighted by Crippen LogP contribution is -2.45. The Morgan fingerprint density at radius 1 is 1.33 bits per heavy atom. The van der Waals surface area contributed by atoms with Gasteiger partial charge >= 0.3 is 0 Å². The highest BCUT2D eigenvalue weighted by atomic mass is 32.1. The number of rotatable bonds is 1. The molecule has 0 aromatic heterocycles. The molecular weight excluding hydrogens is 204 g/mol. The van der Waals surface area contributed by atoms with E-state index in [1.54, 1.807) is 0 Å². The Morgan fingerprint density at radius 2 is 1.87 bits per heavy atom. The Morgan fingerprint density at radius 3 is 2.27 bits per heavy atom. The van der Waals surface area contributed by atoms with Gasteiger partial charge in [-0.15, -0.1) is 0 Å². The van der Waals surface area contributed by atoms with E-state index in [1.165, 1.54) is 12.8 Å². The van der Waals surface area contributed by atoms with E-state index in [1.807, 2.05) is 0 Å². The van der Waals surface area contributed by atoms with Gasteiger partial charge in [-0.1, -0.05) is 20.8 Å². The van der Waals surface area contributed by atoms with Crippen molar-refractivity contribution in [2.45, 2.75) is 40.5 Å². The summed E-state index contributed by atoms with van der Waals surface area (Å²) in [6.45, 7) is 12.3. The van der Waals surface area contributed by atoms with Crippen LogP contribution in [0, 0.1) is 11.3 Å². The molecule has 2 nitrogen and oxygen atoms in total. The molecule has 0 aromatic rings. The van der Waals surface area contributed by atoms with E-state index in [9.17, 15) is 0 Å². The van der Waals surface area contributed by atoms with Crippen molar-refractivity contribution in [1.29, 1.82) is 0 Å². The summed E-state index contributed by atoms with van der Waals surface area (Å²) in [6.07, 6.45) is 2.55. The van der Waals surface area contributed by atoms with E-state index in [0.29, 0.717) is 5.41 Å². The van der Waals surface area contributed by atoms with Crippen molar-refractivity contribution in [2.24, 2.45) is 11.3 Å². The third-order valence-electron chi connectivity index (χ3n) is 3.33. The van der Waals surface area contributed by atoms with Crippen LogP contribution in [-0.2, 0) is 0 Å². The predicted molar refractivity (Wildman–Crippen MR) is 70.0 cm³/mol. The Hall–Kier alpha value is -0.310. The third kappa shape index (κ3) is 3.63. The van der Waals surface area contributed by atoms with Gasteiger partial charge in [0.25, 0.3) is 0 Å². The van der Waals surface area contributed by atoms with Crippen LogP contribution in [0.2, 0.25) is 0 Å². The molecular formula is C12H24N2S. The molecule has 1 aliphatic rings. The Labute approximate surface area is 99.4 Å². The largest absolute Gasteiger partial charge is 0.363 e. The molecule has 0 amide bonds. The van der Waals surface area contributed by atoms with Gasteiger partial charge in [0.15, 0.2) is 5.11 Å². The number of nitrogens with one attached hydrogen (secondary N) is 1. The fraction of sp³-hybridized carbons (Fsp3) is 0.917. The highest BCUT2D eigenvalue weighted by molar-refractivity contribution is 7.80. The fourth-order valence-electron chi connectivity index (χ4n) is 2.21. The monoisotopic (exact) mass is 228 g/mol. The van der Waals surface area contributed by atoms with Gasteiger partial charge in [-0.3, -0.25) is 0 Å². The smallest absolute Gasteiger partial charge is 0.168 e. The molecule has 0 unspecified atom stereocenters. The lowest BCUT2D eigenvalue weighted by Gasteiger charge is -2.39. The van der Waals surface area contributed by atoms with Crippen LogP contribution in [0.15, 0.2) is 0 Å². The first kappa shape index (κ1) is 12.8. The molecule has 1 heterocycles. The summed E-state index contributed by atoms with van der Waals surface area (Å²) >= 11 is 5.32. The van der Waals surface area contributed by atoms with Crippen molar-refractivity contribution in [3.8, 4) is 0 Å². The van der Waals surface area contributed by atoms with Crippen molar-refractivity contribution in [1.82, 2.24) is 10.2 Å². The Bertz CT molecular complexity index is 212. The molecule has 0 atom stereocenters. The minimum absolute atomic E-state index is 0.450. The van der Waals surface area contributed by atoms with Crippen LogP contribution in [0.1, 0.15) is 40.5 Å². The second kappa shape index (κ2) is 5.15. The lowest BCUT2D eigenvalue weighted by atomic mass is 9.75. The summed E-state index contributed by atoms with van der Waals surface area (Å²) in [6, 6.07) is 0. The van der Waals surface area contributed by atoms with Gasteiger partial charge < -0.3 is 10.2 Å². The standard InChI is InChI=1S/C12H24N2S/c1-5-13-11(15)14-8-6-10(7-9-14)12(2,3)4/h10H,5-9H2,1-4H3,(H,13,15). The van der Waals surface area contributed by atoms with Crippen molar-refractivity contribution >= 4 is 17.3 Å². The predicted octanol–water partition coefficient (Wildman–Crippen LogP) is 2.64. The first-order valence-corrected chi connectivity index (χ1v) is 6.38. The van der Waals surface area contributed by atoms with Gasteiger partial charge in [-0.2, -0.15) is 0 Å². The number of hydrogen-bond acceptors (Lipinski definition) is 1. The van der Waals surface area contributed by atoms with Crippen molar-refractivity contribution in [2.75, 3.05) is 19.6 Å². The number of piperidine rings is 1. The molecule has 15 heavy (non-hydrogen) atoms. The summed E-state index contributed by atoms with van der Waals surface area (Å²) in [5.41, 5.74) is 0.450. The SMILES string of the molecule is CCNC(=S)N1CCC(C(C)(C)C)CC1. The molecule has 0 saturated carbocycles. The first-order valence-electron chi connectivity index (χ1n) is 5.98. The maximum absolute atomic E-state index is 5.32. The van der Waals surface area contributed by atoms with E-state index in [-0.39, 0.29) is 0 Å². The van der Waals surface area contributed by atoms with Gasteiger partial charge in [0.05, 0.1) is 0 Å². The zero-order valence-electron chi connectivity index (χ0n) is 10.5. The van der Waals surface area contributed by atoms with Crippen LogP contribution in [0.4, 0.5) is 0 Å². The number of hydrogen-bond donors (Lipinski definition) is 1. The molecule has 0 bridgehead atoms. The van der Waals surface area contributed by atoms with Crippen LogP contribution in [0.3, 0.4) is 0 Å². The van der Waals surface area contributed by atoms with Crippen molar-refractivity contribution in [3.63, 3.8) is 0 Å². The molecule has 1 fully saturated rings. The van der Waals surface area contributed by atoms with Crippen LogP contribution in [0.5, 0.6) is 0 Å².